The molecule has 0 bridgehead atoms. The van der Waals surface area contributed by atoms with Crippen molar-refractivity contribution in [2.75, 3.05) is 0 Å². The molecule has 0 aliphatic heterocycles. The molecule has 4 heteroatoms. The summed E-state index contributed by atoms with van der Waals surface area (Å²) >= 11 is 12.2. The second-order valence-electron chi connectivity index (χ2n) is 5.34. The van der Waals surface area contributed by atoms with Gasteiger partial charge in [0.05, 0.1) is 0 Å². The highest BCUT2D eigenvalue weighted by Gasteiger charge is 2.16. The Labute approximate surface area is 135 Å². The Morgan fingerprint density at radius 3 is 2.19 bits per heavy atom. The summed E-state index contributed by atoms with van der Waals surface area (Å²) in [6, 6.07) is 11.3. The minimum absolute atomic E-state index is 0.00680. The van der Waals surface area contributed by atoms with Crippen molar-refractivity contribution in [3.63, 3.8) is 0 Å². The Kier molecular flexibility index (Phi) is 5.15. The van der Waals surface area contributed by atoms with Crippen molar-refractivity contribution in [3.8, 4) is 5.75 Å². The molecule has 112 valence electrons. The second kappa shape index (κ2) is 6.69. The van der Waals surface area contributed by atoms with Crippen LogP contribution in [0.5, 0.6) is 5.75 Å². The fraction of sp³-hybridized carbons (Fsp3) is 0.294. The first-order valence-corrected chi connectivity index (χ1v) is 7.64. The van der Waals surface area contributed by atoms with Gasteiger partial charge in [-0.1, -0.05) is 41.4 Å². The highest BCUT2D eigenvalue weighted by atomic mass is 35.5. The van der Waals surface area contributed by atoms with Crippen molar-refractivity contribution in [3.05, 3.63) is 63.1 Å². The fourth-order valence-electron chi connectivity index (χ4n) is 2.43. The lowest BCUT2D eigenvalue weighted by Crippen LogP contribution is -2.22. The van der Waals surface area contributed by atoms with Crippen LogP contribution in [-0.2, 0) is 0 Å². The Balaban J connectivity index is 2.16. The summed E-state index contributed by atoms with van der Waals surface area (Å²) in [4.78, 5) is 0. The summed E-state index contributed by atoms with van der Waals surface area (Å²) in [5, 5.41) is 14.8. The van der Waals surface area contributed by atoms with E-state index in [1.165, 1.54) is 0 Å². The van der Waals surface area contributed by atoms with Crippen LogP contribution in [0.15, 0.2) is 36.4 Å². The quantitative estimate of drug-likeness (QED) is 0.787. The number of phenols is 1. The molecule has 0 heterocycles. The van der Waals surface area contributed by atoms with E-state index < -0.39 is 0 Å². The monoisotopic (exact) mass is 323 g/mol. The zero-order chi connectivity index (χ0) is 15.6. The van der Waals surface area contributed by atoms with E-state index in [1.807, 2.05) is 45.0 Å². The predicted molar refractivity (Wildman–Crippen MR) is 89.3 cm³/mol. The molecule has 2 N–H and O–H groups in total. The van der Waals surface area contributed by atoms with E-state index in [9.17, 15) is 5.11 Å². The third-order valence-corrected chi connectivity index (χ3v) is 4.14. The molecular formula is C17H19Cl2NO. The molecular weight excluding hydrogens is 305 g/mol. The minimum atomic E-state index is 0.00680. The average molecular weight is 324 g/mol. The summed E-state index contributed by atoms with van der Waals surface area (Å²) in [7, 11) is 0. The SMILES string of the molecule is Cc1ccc(C(C)NC(C)c2ccc(Cl)cc2Cl)c(O)c1. The van der Waals surface area contributed by atoms with Crippen LogP contribution in [0, 0.1) is 6.92 Å². The Morgan fingerprint density at radius 2 is 1.57 bits per heavy atom. The molecule has 0 aliphatic rings. The van der Waals surface area contributed by atoms with Crippen molar-refractivity contribution in [1.29, 1.82) is 0 Å². The van der Waals surface area contributed by atoms with E-state index in [4.69, 9.17) is 23.2 Å². The maximum absolute atomic E-state index is 10.1. The van der Waals surface area contributed by atoms with Crippen molar-refractivity contribution >= 4 is 23.2 Å². The molecule has 0 saturated heterocycles. The van der Waals surface area contributed by atoms with Gasteiger partial charge in [0, 0.05) is 27.7 Å². The standard InChI is InChI=1S/C17H19Cl2NO/c1-10-4-6-15(17(21)8-10)12(3)20-11(2)14-7-5-13(18)9-16(14)19/h4-9,11-12,20-21H,1-3H3. The topological polar surface area (TPSA) is 32.3 Å². The molecule has 2 unspecified atom stereocenters. The Hall–Kier alpha value is -1.22. The first kappa shape index (κ1) is 16.2. The first-order chi connectivity index (χ1) is 9.88. The maximum Gasteiger partial charge on any atom is 0.120 e. The van der Waals surface area contributed by atoms with Crippen LogP contribution in [-0.4, -0.2) is 5.11 Å². The molecule has 21 heavy (non-hydrogen) atoms. The van der Waals surface area contributed by atoms with Gasteiger partial charge in [-0.2, -0.15) is 0 Å². The van der Waals surface area contributed by atoms with E-state index in [2.05, 4.69) is 5.32 Å². The van der Waals surface area contributed by atoms with Gasteiger partial charge in [0.15, 0.2) is 0 Å². The molecule has 0 fully saturated rings. The number of nitrogens with one attached hydrogen (secondary N) is 1. The minimum Gasteiger partial charge on any atom is -0.508 e. The molecule has 2 nitrogen and oxygen atoms in total. The normalized spacial score (nSPS) is 14.0. The molecule has 0 radical (unpaired) electrons. The van der Waals surface area contributed by atoms with E-state index in [0.29, 0.717) is 15.8 Å². The van der Waals surface area contributed by atoms with Gasteiger partial charge >= 0.3 is 0 Å². The second-order valence-corrected chi connectivity index (χ2v) is 6.18. The smallest absolute Gasteiger partial charge is 0.120 e. The summed E-state index contributed by atoms with van der Waals surface area (Å²) in [6.45, 7) is 6.01. The van der Waals surface area contributed by atoms with Gasteiger partial charge in [-0.25, -0.2) is 0 Å². The molecule has 0 saturated carbocycles. The van der Waals surface area contributed by atoms with Crippen LogP contribution >= 0.6 is 23.2 Å². The molecule has 0 spiro atoms. The van der Waals surface area contributed by atoms with Crippen LogP contribution in [0.1, 0.15) is 42.6 Å². The van der Waals surface area contributed by atoms with Crippen LogP contribution in [0.25, 0.3) is 0 Å². The van der Waals surface area contributed by atoms with Crippen molar-refractivity contribution in [2.24, 2.45) is 0 Å². The molecule has 0 amide bonds. The summed E-state index contributed by atoms with van der Waals surface area (Å²) in [5.74, 6) is 0.310. The number of hydrogen-bond donors (Lipinski definition) is 2. The average Bonchev–Trinajstić information content (AvgIpc) is 2.37. The Morgan fingerprint density at radius 1 is 0.952 bits per heavy atom. The summed E-state index contributed by atoms with van der Waals surface area (Å²) in [6.07, 6.45) is 0. The predicted octanol–water partition coefficient (Wildman–Crippen LogP) is 5.42. The number of rotatable bonds is 4. The number of aromatic hydroxyl groups is 1. The zero-order valence-electron chi connectivity index (χ0n) is 12.3. The van der Waals surface area contributed by atoms with Gasteiger partial charge in [0.1, 0.15) is 5.75 Å². The fourth-order valence-corrected chi connectivity index (χ4v) is 3.00. The molecule has 2 aromatic rings. The molecule has 0 aliphatic carbocycles. The number of hydrogen-bond acceptors (Lipinski definition) is 2. The first-order valence-electron chi connectivity index (χ1n) is 6.89. The lowest BCUT2D eigenvalue weighted by Gasteiger charge is -2.22. The molecule has 2 atom stereocenters. The van der Waals surface area contributed by atoms with Gasteiger partial charge in [-0.3, -0.25) is 0 Å². The van der Waals surface area contributed by atoms with Gasteiger partial charge in [-0.05, 0) is 50.1 Å². The summed E-state index contributed by atoms with van der Waals surface area (Å²) < 4.78 is 0. The Bertz CT molecular complexity index is 587. The lowest BCUT2D eigenvalue weighted by molar-refractivity contribution is 0.438. The lowest BCUT2D eigenvalue weighted by atomic mass is 10.0. The zero-order valence-corrected chi connectivity index (χ0v) is 13.8. The highest BCUT2D eigenvalue weighted by Crippen LogP contribution is 2.30. The van der Waals surface area contributed by atoms with Crippen LogP contribution in [0.2, 0.25) is 10.0 Å². The van der Waals surface area contributed by atoms with Gasteiger partial charge < -0.3 is 10.4 Å². The number of aryl methyl sites for hydroxylation is 1. The van der Waals surface area contributed by atoms with Gasteiger partial charge in [-0.15, -0.1) is 0 Å². The molecule has 0 aromatic heterocycles. The number of halogens is 2. The molecule has 2 aromatic carbocycles. The highest BCUT2D eigenvalue weighted by molar-refractivity contribution is 6.35. The van der Waals surface area contributed by atoms with Gasteiger partial charge in [0.25, 0.3) is 0 Å². The van der Waals surface area contributed by atoms with Gasteiger partial charge in [0.2, 0.25) is 0 Å². The van der Waals surface area contributed by atoms with E-state index in [1.54, 1.807) is 12.1 Å². The number of benzene rings is 2. The third-order valence-electron chi connectivity index (χ3n) is 3.58. The third kappa shape index (κ3) is 3.91. The summed E-state index contributed by atoms with van der Waals surface area (Å²) in [5.41, 5.74) is 2.90. The van der Waals surface area contributed by atoms with E-state index in [0.717, 1.165) is 16.7 Å². The van der Waals surface area contributed by atoms with Crippen molar-refractivity contribution < 1.29 is 5.11 Å². The van der Waals surface area contributed by atoms with Crippen molar-refractivity contribution in [1.82, 2.24) is 5.32 Å². The molecule has 2 rings (SSSR count). The maximum atomic E-state index is 10.1. The van der Waals surface area contributed by atoms with Crippen LogP contribution < -0.4 is 5.32 Å². The largest absolute Gasteiger partial charge is 0.508 e. The van der Waals surface area contributed by atoms with Crippen molar-refractivity contribution in [2.45, 2.75) is 32.9 Å². The van der Waals surface area contributed by atoms with Crippen LogP contribution in [0.4, 0.5) is 0 Å². The van der Waals surface area contributed by atoms with Crippen LogP contribution in [0.3, 0.4) is 0 Å². The van der Waals surface area contributed by atoms with E-state index in [-0.39, 0.29) is 12.1 Å². The number of phenolic OH excluding ortho intramolecular Hbond substituents is 1. The van der Waals surface area contributed by atoms with E-state index >= 15 is 0 Å².